The third kappa shape index (κ3) is 3.38. The monoisotopic (exact) mass is 279 g/mol. The predicted octanol–water partition coefficient (Wildman–Crippen LogP) is 3.68. The van der Waals surface area contributed by atoms with Gasteiger partial charge in [0.25, 0.3) is 0 Å². The van der Waals surface area contributed by atoms with Crippen LogP contribution in [0.2, 0.25) is 0 Å². The van der Waals surface area contributed by atoms with Gasteiger partial charge in [0.2, 0.25) is 0 Å². The van der Waals surface area contributed by atoms with E-state index in [0.29, 0.717) is 12.2 Å². The zero-order chi connectivity index (χ0) is 14.5. The molecule has 3 nitrogen and oxygen atoms in total. The molecule has 0 saturated carbocycles. The van der Waals surface area contributed by atoms with E-state index in [4.69, 9.17) is 9.84 Å². The number of hydrogen-bond donors (Lipinski definition) is 2. The Labute approximate surface area is 115 Å². The molecule has 0 aliphatic carbocycles. The van der Waals surface area contributed by atoms with Crippen molar-refractivity contribution in [3.63, 3.8) is 0 Å². The lowest BCUT2D eigenvalue weighted by molar-refractivity contribution is 0.340. The van der Waals surface area contributed by atoms with Crippen molar-refractivity contribution in [3.05, 3.63) is 53.6 Å². The van der Waals surface area contributed by atoms with Crippen molar-refractivity contribution in [2.45, 2.75) is 13.5 Å². The normalized spacial score (nSPS) is 10.3. The Morgan fingerprint density at radius 1 is 1.15 bits per heavy atom. The highest BCUT2D eigenvalue weighted by molar-refractivity contribution is 5.48. The SMILES string of the molecule is CCOc1cccc(NCc2cc(F)c(O)c(F)c2)c1. The molecule has 0 atom stereocenters. The molecule has 20 heavy (non-hydrogen) atoms. The van der Waals surface area contributed by atoms with Crippen LogP contribution >= 0.6 is 0 Å². The molecule has 2 aromatic rings. The van der Waals surface area contributed by atoms with Crippen LogP contribution in [0.1, 0.15) is 12.5 Å². The molecule has 0 spiro atoms. The molecule has 106 valence electrons. The lowest BCUT2D eigenvalue weighted by Crippen LogP contribution is -2.01. The van der Waals surface area contributed by atoms with Gasteiger partial charge in [-0.15, -0.1) is 0 Å². The molecule has 0 aliphatic rings. The van der Waals surface area contributed by atoms with Gasteiger partial charge in [0.15, 0.2) is 17.4 Å². The van der Waals surface area contributed by atoms with Crippen LogP contribution in [0.3, 0.4) is 0 Å². The fraction of sp³-hybridized carbons (Fsp3) is 0.200. The molecule has 0 bridgehead atoms. The first-order valence-corrected chi connectivity index (χ1v) is 6.23. The van der Waals surface area contributed by atoms with Crippen LogP contribution in [-0.4, -0.2) is 11.7 Å². The highest BCUT2D eigenvalue weighted by atomic mass is 19.1. The second-order valence-corrected chi connectivity index (χ2v) is 4.22. The van der Waals surface area contributed by atoms with Gasteiger partial charge < -0.3 is 15.2 Å². The van der Waals surface area contributed by atoms with E-state index < -0.39 is 17.4 Å². The van der Waals surface area contributed by atoms with E-state index in [2.05, 4.69) is 5.32 Å². The Balaban J connectivity index is 2.07. The fourth-order valence-electron chi connectivity index (χ4n) is 1.79. The van der Waals surface area contributed by atoms with E-state index in [0.717, 1.165) is 23.6 Å². The lowest BCUT2D eigenvalue weighted by atomic mass is 10.2. The Morgan fingerprint density at radius 2 is 1.85 bits per heavy atom. The summed E-state index contributed by atoms with van der Waals surface area (Å²) >= 11 is 0. The van der Waals surface area contributed by atoms with Crippen molar-refractivity contribution in [2.75, 3.05) is 11.9 Å². The maximum absolute atomic E-state index is 13.2. The van der Waals surface area contributed by atoms with E-state index in [9.17, 15) is 8.78 Å². The topological polar surface area (TPSA) is 41.5 Å². The van der Waals surface area contributed by atoms with Gasteiger partial charge in [0.1, 0.15) is 5.75 Å². The average Bonchev–Trinajstić information content (AvgIpc) is 2.43. The average molecular weight is 279 g/mol. The number of hydrogen-bond acceptors (Lipinski definition) is 3. The van der Waals surface area contributed by atoms with Gasteiger partial charge in [0, 0.05) is 18.3 Å². The van der Waals surface area contributed by atoms with Gasteiger partial charge in [-0.1, -0.05) is 6.07 Å². The zero-order valence-corrected chi connectivity index (χ0v) is 11.0. The third-order valence-corrected chi connectivity index (χ3v) is 2.72. The van der Waals surface area contributed by atoms with Crippen molar-refractivity contribution in [1.82, 2.24) is 0 Å². The van der Waals surface area contributed by atoms with Crippen molar-refractivity contribution in [1.29, 1.82) is 0 Å². The zero-order valence-electron chi connectivity index (χ0n) is 11.0. The van der Waals surface area contributed by atoms with E-state index in [1.165, 1.54) is 0 Å². The van der Waals surface area contributed by atoms with Gasteiger partial charge in [0.05, 0.1) is 6.61 Å². The molecular weight excluding hydrogens is 264 g/mol. The standard InChI is InChI=1S/C15H15F2NO2/c1-2-20-12-5-3-4-11(8-12)18-9-10-6-13(16)15(19)14(17)7-10/h3-8,18-19H,2,9H2,1H3. The van der Waals surface area contributed by atoms with Crippen LogP contribution < -0.4 is 10.1 Å². The number of phenolic OH excluding ortho intramolecular Hbond substituents is 1. The minimum atomic E-state index is -0.968. The van der Waals surface area contributed by atoms with Gasteiger partial charge in [-0.3, -0.25) is 0 Å². The molecule has 2 aromatic carbocycles. The second-order valence-electron chi connectivity index (χ2n) is 4.22. The number of nitrogens with one attached hydrogen (secondary N) is 1. The van der Waals surface area contributed by atoms with Gasteiger partial charge in [-0.05, 0) is 36.8 Å². The molecule has 0 radical (unpaired) electrons. The molecule has 0 aliphatic heterocycles. The summed E-state index contributed by atoms with van der Waals surface area (Å²) in [5, 5.41) is 12.1. The van der Waals surface area contributed by atoms with Crippen LogP contribution in [0.25, 0.3) is 0 Å². The molecule has 0 amide bonds. The summed E-state index contributed by atoms with van der Waals surface area (Å²) in [4.78, 5) is 0. The summed E-state index contributed by atoms with van der Waals surface area (Å²) in [6, 6.07) is 9.47. The third-order valence-electron chi connectivity index (χ3n) is 2.72. The molecule has 0 heterocycles. The summed E-state index contributed by atoms with van der Waals surface area (Å²) in [5.74, 6) is -2.16. The minimum absolute atomic E-state index is 0.240. The van der Waals surface area contributed by atoms with Crippen molar-refractivity contribution in [2.24, 2.45) is 0 Å². The highest BCUT2D eigenvalue weighted by Gasteiger charge is 2.09. The van der Waals surface area contributed by atoms with E-state index in [1.807, 2.05) is 25.1 Å². The molecule has 5 heteroatoms. The lowest BCUT2D eigenvalue weighted by Gasteiger charge is -2.09. The molecule has 0 fully saturated rings. The van der Waals surface area contributed by atoms with Gasteiger partial charge in [-0.25, -0.2) is 8.78 Å². The molecule has 0 saturated heterocycles. The smallest absolute Gasteiger partial charge is 0.187 e. The first kappa shape index (κ1) is 14.1. The fourth-order valence-corrected chi connectivity index (χ4v) is 1.79. The van der Waals surface area contributed by atoms with Gasteiger partial charge in [-0.2, -0.15) is 0 Å². The number of phenols is 1. The summed E-state index contributed by atoms with van der Waals surface area (Å²) in [5.41, 5.74) is 1.18. The van der Waals surface area contributed by atoms with Gasteiger partial charge >= 0.3 is 0 Å². The molecule has 0 aromatic heterocycles. The number of anilines is 1. The van der Waals surface area contributed by atoms with Crippen LogP contribution in [0.4, 0.5) is 14.5 Å². The molecule has 0 unspecified atom stereocenters. The predicted molar refractivity (Wildman–Crippen MR) is 73.0 cm³/mol. The molecule has 2 N–H and O–H groups in total. The summed E-state index contributed by atoms with van der Waals surface area (Å²) in [6.07, 6.45) is 0. The highest BCUT2D eigenvalue weighted by Crippen LogP contribution is 2.23. The van der Waals surface area contributed by atoms with Crippen molar-refractivity contribution < 1.29 is 18.6 Å². The number of halogens is 2. The maximum atomic E-state index is 13.2. The van der Waals surface area contributed by atoms with E-state index in [1.54, 1.807) is 6.07 Å². The number of aromatic hydroxyl groups is 1. The Hall–Kier alpha value is -2.30. The van der Waals surface area contributed by atoms with Crippen LogP contribution in [0, 0.1) is 11.6 Å². The Kier molecular flexibility index (Phi) is 4.40. The number of benzene rings is 2. The first-order valence-electron chi connectivity index (χ1n) is 6.23. The molecule has 2 rings (SSSR count). The Morgan fingerprint density at radius 3 is 2.50 bits per heavy atom. The first-order chi connectivity index (χ1) is 9.60. The maximum Gasteiger partial charge on any atom is 0.187 e. The summed E-state index contributed by atoms with van der Waals surface area (Å²) in [6.45, 7) is 2.70. The van der Waals surface area contributed by atoms with E-state index >= 15 is 0 Å². The van der Waals surface area contributed by atoms with E-state index in [-0.39, 0.29) is 6.54 Å². The quantitative estimate of drug-likeness (QED) is 0.877. The van der Waals surface area contributed by atoms with Crippen LogP contribution in [-0.2, 0) is 6.54 Å². The number of ether oxygens (including phenoxy) is 1. The largest absolute Gasteiger partial charge is 0.503 e. The van der Waals surface area contributed by atoms with Crippen LogP contribution in [0.5, 0.6) is 11.5 Å². The van der Waals surface area contributed by atoms with Crippen molar-refractivity contribution >= 4 is 5.69 Å². The second kappa shape index (κ2) is 6.23. The van der Waals surface area contributed by atoms with Crippen molar-refractivity contribution in [3.8, 4) is 11.5 Å². The summed E-state index contributed by atoms with van der Waals surface area (Å²) in [7, 11) is 0. The number of rotatable bonds is 5. The molecular formula is C15H15F2NO2. The summed E-state index contributed by atoms with van der Waals surface area (Å²) < 4.78 is 31.7. The van der Waals surface area contributed by atoms with Crippen LogP contribution in [0.15, 0.2) is 36.4 Å². The Bertz CT molecular complexity index is 579. The minimum Gasteiger partial charge on any atom is -0.503 e.